The van der Waals surface area contributed by atoms with E-state index in [0.717, 1.165) is 43.5 Å². The SMILES string of the molecule is CC(C)CC1CCCCN1C(=O)CCc1ccccc1N. The second-order valence-corrected chi connectivity index (χ2v) is 6.57. The van der Waals surface area contributed by atoms with Gasteiger partial charge in [0.25, 0.3) is 0 Å². The van der Waals surface area contributed by atoms with E-state index in [0.29, 0.717) is 24.3 Å². The lowest BCUT2D eigenvalue weighted by atomic mass is 9.93. The Morgan fingerprint density at radius 2 is 2.10 bits per heavy atom. The van der Waals surface area contributed by atoms with Gasteiger partial charge in [0, 0.05) is 24.7 Å². The predicted molar refractivity (Wildman–Crippen MR) is 88.0 cm³/mol. The van der Waals surface area contributed by atoms with E-state index in [4.69, 9.17) is 5.73 Å². The average molecular weight is 288 g/mol. The van der Waals surface area contributed by atoms with E-state index in [2.05, 4.69) is 18.7 Å². The van der Waals surface area contributed by atoms with Crippen LogP contribution in [0, 0.1) is 5.92 Å². The Labute approximate surface area is 128 Å². The maximum absolute atomic E-state index is 12.6. The molecule has 3 heteroatoms. The number of nitrogens with two attached hydrogens (primary N) is 1. The lowest BCUT2D eigenvalue weighted by molar-refractivity contribution is -0.135. The third-order valence-electron chi connectivity index (χ3n) is 4.35. The Morgan fingerprint density at radius 1 is 1.33 bits per heavy atom. The van der Waals surface area contributed by atoms with E-state index in [1.165, 1.54) is 6.42 Å². The van der Waals surface area contributed by atoms with Crippen molar-refractivity contribution in [1.29, 1.82) is 0 Å². The molecule has 116 valence electrons. The van der Waals surface area contributed by atoms with E-state index in [1.54, 1.807) is 0 Å². The van der Waals surface area contributed by atoms with E-state index in [1.807, 2.05) is 24.3 Å². The number of amides is 1. The molecule has 2 rings (SSSR count). The molecule has 1 amide bonds. The highest BCUT2D eigenvalue weighted by molar-refractivity contribution is 5.77. The number of hydrogen-bond donors (Lipinski definition) is 1. The third kappa shape index (κ3) is 4.48. The van der Waals surface area contributed by atoms with Gasteiger partial charge in [-0.05, 0) is 49.7 Å². The zero-order valence-electron chi connectivity index (χ0n) is 13.3. The lowest BCUT2D eigenvalue weighted by Gasteiger charge is -2.37. The molecule has 3 nitrogen and oxygen atoms in total. The molecular formula is C18H28N2O. The van der Waals surface area contributed by atoms with Crippen molar-refractivity contribution in [3.63, 3.8) is 0 Å². The van der Waals surface area contributed by atoms with Crippen LogP contribution >= 0.6 is 0 Å². The van der Waals surface area contributed by atoms with Crippen molar-refractivity contribution in [1.82, 2.24) is 4.90 Å². The minimum Gasteiger partial charge on any atom is -0.399 e. The quantitative estimate of drug-likeness (QED) is 0.841. The molecule has 1 saturated heterocycles. The van der Waals surface area contributed by atoms with Gasteiger partial charge in [0.05, 0.1) is 0 Å². The smallest absolute Gasteiger partial charge is 0.223 e. The fraction of sp³-hybridized carbons (Fsp3) is 0.611. The van der Waals surface area contributed by atoms with Crippen molar-refractivity contribution in [2.24, 2.45) is 5.92 Å². The first kappa shape index (κ1) is 15.9. The van der Waals surface area contributed by atoms with Gasteiger partial charge in [0.1, 0.15) is 0 Å². The summed E-state index contributed by atoms with van der Waals surface area (Å²) in [4.78, 5) is 14.7. The molecule has 1 unspecified atom stereocenters. The Morgan fingerprint density at radius 3 is 2.81 bits per heavy atom. The van der Waals surface area contributed by atoms with Crippen LogP contribution in [0.2, 0.25) is 0 Å². The monoisotopic (exact) mass is 288 g/mol. The summed E-state index contributed by atoms with van der Waals surface area (Å²) in [7, 11) is 0. The number of carbonyl (C=O) groups is 1. The van der Waals surface area contributed by atoms with E-state index in [9.17, 15) is 4.79 Å². The average Bonchev–Trinajstić information content (AvgIpc) is 2.46. The first-order valence-electron chi connectivity index (χ1n) is 8.20. The summed E-state index contributed by atoms with van der Waals surface area (Å²) in [5, 5.41) is 0. The lowest BCUT2D eigenvalue weighted by Crippen LogP contribution is -2.44. The normalized spacial score (nSPS) is 19.0. The molecule has 21 heavy (non-hydrogen) atoms. The van der Waals surface area contributed by atoms with E-state index < -0.39 is 0 Å². The maximum atomic E-state index is 12.6. The van der Waals surface area contributed by atoms with Crippen LogP contribution < -0.4 is 5.73 Å². The van der Waals surface area contributed by atoms with Gasteiger partial charge in [-0.3, -0.25) is 4.79 Å². The first-order chi connectivity index (χ1) is 10.1. The maximum Gasteiger partial charge on any atom is 0.223 e. The van der Waals surface area contributed by atoms with Crippen molar-refractivity contribution in [3.8, 4) is 0 Å². The molecule has 0 aromatic heterocycles. The van der Waals surface area contributed by atoms with Gasteiger partial charge < -0.3 is 10.6 Å². The number of rotatable bonds is 5. The van der Waals surface area contributed by atoms with Crippen LogP contribution in [-0.4, -0.2) is 23.4 Å². The molecule has 2 N–H and O–H groups in total. The van der Waals surface area contributed by atoms with Gasteiger partial charge in [0.2, 0.25) is 5.91 Å². The van der Waals surface area contributed by atoms with Gasteiger partial charge >= 0.3 is 0 Å². The van der Waals surface area contributed by atoms with Gasteiger partial charge in [-0.2, -0.15) is 0 Å². The summed E-state index contributed by atoms with van der Waals surface area (Å²) >= 11 is 0. The highest BCUT2D eigenvalue weighted by Gasteiger charge is 2.26. The van der Waals surface area contributed by atoms with Crippen molar-refractivity contribution in [3.05, 3.63) is 29.8 Å². The van der Waals surface area contributed by atoms with Crippen LogP contribution in [-0.2, 0) is 11.2 Å². The van der Waals surface area contributed by atoms with Gasteiger partial charge in [0.15, 0.2) is 0 Å². The van der Waals surface area contributed by atoms with Crippen LogP contribution in [0.4, 0.5) is 5.69 Å². The molecule has 1 heterocycles. The van der Waals surface area contributed by atoms with Crippen LogP contribution in [0.25, 0.3) is 0 Å². The largest absolute Gasteiger partial charge is 0.399 e. The highest BCUT2D eigenvalue weighted by Crippen LogP contribution is 2.24. The minimum atomic E-state index is 0.295. The molecule has 1 aromatic rings. The van der Waals surface area contributed by atoms with E-state index in [-0.39, 0.29) is 0 Å². The molecule has 0 spiro atoms. The summed E-state index contributed by atoms with van der Waals surface area (Å²) in [6, 6.07) is 8.29. The molecule has 1 aliphatic rings. The topological polar surface area (TPSA) is 46.3 Å². The predicted octanol–water partition coefficient (Wildman–Crippen LogP) is 3.63. The number of piperidine rings is 1. The third-order valence-corrected chi connectivity index (χ3v) is 4.35. The number of nitrogen functional groups attached to an aromatic ring is 1. The summed E-state index contributed by atoms with van der Waals surface area (Å²) in [6.07, 6.45) is 6.01. The number of likely N-dealkylation sites (tertiary alicyclic amines) is 1. The summed E-state index contributed by atoms with van der Waals surface area (Å²) < 4.78 is 0. The second kappa shape index (κ2) is 7.48. The van der Waals surface area contributed by atoms with Gasteiger partial charge in [-0.15, -0.1) is 0 Å². The van der Waals surface area contributed by atoms with Crippen LogP contribution in [0.5, 0.6) is 0 Å². The Hall–Kier alpha value is -1.51. The molecule has 0 aliphatic carbocycles. The number of benzene rings is 1. The molecule has 0 saturated carbocycles. The number of nitrogens with zero attached hydrogens (tertiary/aromatic N) is 1. The Kier molecular flexibility index (Phi) is 5.66. The number of aryl methyl sites for hydroxylation is 1. The highest BCUT2D eigenvalue weighted by atomic mass is 16.2. The number of carbonyl (C=O) groups excluding carboxylic acids is 1. The Balaban J connectivity index is 1.93. The molecule has 0 radical (unpaired) electrons. The molecular weight excluding hydrogens is 260 g/mol. The fourth-order valence-corrected chi connectivity index (χ4v) is 3.27. The molecule has 1 aliphatic heterocycles. The zero-order chi connectivity index (χ0) is 15.2. The van der Waals surface area contributed by atoms with Crippen molar-refractivity contribution >= 4 is 11.6 Å². The zero-order valence-corrected chi connectivity index (χ0v) is 13.3. The number of anilines is 1. The van der Waals surface area contributed by atoms with Crippen LogP contribution in [0.15, 0.2) is 24.3 Å². The summed E-state index contributed by atoms with van der Waals surface area (Å²) in [5.41, 5.74) is 7.83. The van der Waals surface area contributed by atoms with E-state index >= 15 is 0 Å². The molecule has 1 aromatic carbocycles. The van der Waals surface area contributed by atoms with Crippen LogP contribution in [0.1, 0.15) is 51.5 Å². The minimum absolute atomic E-state index is 0.295. The fourth-order valence-electron chi connectivity index (χ4n) is 3.27. The van der Waals surface area contributed by atoms with Crippen LogP contribution in [0.3, 0.4) is 0 Å². The van der Waals surface area contributed by atoms with Gasteiger partial charge in [-0.1, -0.05) is 32.0 Å². The van der Waals surface area contributed by atoms with Crippen molar-refractivity contribution < 1.29 is 4.79 Å². The van der Waals surface area contributed by atoms with Crippen molar-refractivity contribution in [2.45, 2.75) is 58.4 Å². The Bertz CT molecular complexity index is 470. The summed E-state index contributed by atoms with van der Waals surface area (Å²) in [5.74, 6) is 0.941. The van der Waals surface area contributed by atoms with Gasteiger partial charge in [-0.25, -0.2) is 0 Å². The molecule has 0 bridgehead atoms. The number of para-hydroxylation sites is 1. The van der Waals surface area contributed by atoms with Crippen molar-refractivity contribution in [2.75, 3.05) is 12.3 Å². The summed E-state index contributed by atoms with van der Waals surface area (Å²) in [6.45, 7) is 5.41. The number of hydrogen-bond acceptors (Lipinski definition) is 2. The first-order valence-corrected chi connectivity index (χ1v) is 8.20. The molecule has 1 atom stereocenters. The second-order valence-electron chi connectivity index (χ2n) is 6.57. The standard InChI is InChI=1S/C18H28N2O/c1-14(2)13-16-8-5-6-12-20(16)18(21)11-10-15-7-3-4-9-17(15)19/h3-4,7,9,14,16H,5-6,8,10-13,19H2,1-2H3. The molecule has 1 fully saturated rings.